The maximum absolute atomic E-state index is 2.28. The van der Waals surface area contributed by atoms with Gasteiger partial charge in [0.1, 0.15) is 0 Å². The van der Waals surface area contributed by atoms with Gasteiger partial charge in [-0.15, -0.1) is 92.3 Å². The minimum atomic E-state index is 0. The maximum Gasteiger partial charge on any atom is -0.0186 e. The molecule has 0 amide bonds. The predicted octanol–water partition coefficient (Wildman–Crippen LogP) is 6.17. The van der Waals surface area contributed by atoms with E-state index < -0.39 is 0 Å². The van der Waals surface area contributed by atoms with Crippen molar-refractivity contribution < 1.29 is 44.0 Å². The van der Waals surface area contributed by atoms with E-state index in [1.165, 1.54) is 76.5 Å². The van der Waals surface area contributed by atoms with Crippen LogP contribution in [-0.4, -0.2) is 6.19 Å². The summed E-state index contributed by atoms with van der Waals surface area (Å²) in [6, 6.07) is 52.2. The summed E-state index contributed by atoms with van der Waals surface area (Å²) in [6.45, 7) is 8.95. The molecule has 0 bridgehead atoms. The third kappa shape index (κ3) is 7.41. The number of rotatable bonds is 2. The van der Waals surface area contributed by atoms with Crippen LogP contribution in [0.4, 0.5) is 0 Å². The average Bonchev–Trinajstić information content (AvgIpc) is 3.55. The molecule has 0 nitrogen and oxygen atoms in total. The number of hydrogen-bond donors (Lipinski definition) is 0. The molecule has 0 saturated heterocycles. The van der Waals surface area contributed by atoms with E-state index in [-0.39, 0.29) is 31.0 Å². The van der Waals surface area contributed by atoms with Gasteiger partial charge in [-0.1, -0.05) is 122 Å². The summed E-state index contributed by atoms with van der Waals surface area (Å²) in [5, 5.41) is 10.6. The zero-order chi connectivity index (χ0) is 30.6. The first kappa shape index (κ1) is 35.4. The van der Waals surface area contributed by atoms with Crippen LogP contribution in [0.3, 0.4) is 0 Å². The second-order valence-corrected chi connectivity index (χ2v) is 18.3. The van der Waals surface area contributed by atoms with E-state index in [2.05, 4.69) is 192 Å². The van der Waals surface area contributed by atoms with E-state index in [1.54, 1.807) is 0 Å². The fourth-order valence-corrected chi connectivity index (χ4v) is 6.34. The van der Waals surface area contributed by atoms with Gasteiger partial charge >= 0.3 is 38.5 Å². The van der Waals surface area contributed by atoms with Crippen molar-refractivity contribution in [3.05, 3.63) is 157 Å². The Morgan fingerprint density at radius 2 is 0.739 bits per heavy atom. The van der Waals surface area contributed by atoms with Gasteiger partial charge in [0.05, 0.1) is 0 Å². The third-order valence-corrected chi connectivity index (χ3v) is 8.11. The van der Waals surface area contributed by atoms with Gasteiger partial charge in [-0.2, -0.15) is 0 Å². The van der Waals surface area contributed by atoms with E-state index >= 15 is 0 Å². The Morgan fingerprint density at radius 3 is 1.13 bits per heavy atom. The molecule has 0 atom stereocenters. The van der Waals surface area contributed by atoms with Crippen LogP contribution in [0.5, 0.6) is 0 Å². The molecule has 0 aromatic heterocycles. The van der Waals surface area contributed by atoms with Crippen LogP contribution in [0.2, 0.25) is 13.1 Å². The van der Waals surface area contributed by atoms with Gasteiger partial charge in [0.15, 0.2) is 0 Å². The van der Waals surface area contributed by atoms with Crippen molar-refractivity contribution in [2.75, 3.05) is 0 Å². The fraction of sp³-hybridized carbons (Fsp3) is 0.0952. The molecule has 0 aliphatic rings. The molecule has 0 unspecified atom stereocenters. The minimum Gasteiger partial charge on any atom is -1.00 e. The third-order valence-electron chi connectivity index (χ3n) is 8.11. The fourth-order valence-electron chi connectivity index (χ4n) is 6.34. The Morgan fingerprint density at radius 1 is 0.435 bits per heavy atom. The molecule has 0 spiro atoms. The van der Waals surface area contributed by atoms with Crippen molar-refractivity contribution in [1.29, 1.82) is 0 Å². The van der Waals surface area contributed by atoms with Gasteiger partial charge < -0.3 is 24.8 Å². The smallest absolute Gasteiger partial charge is 0.0186 e. The Labute approximate surface area is 297 Å². The maximum atomic E-state index is 2.28. The Bertz CT molecular complexity index is 2090. The topological polar surface area (TPSA) is 0 Å². The van der Waals surface area contributed by atoms with Gasteiger partial charge in [-0.25, -0.2) is 0 Å². The molecule has 8 aromatic carbocycles. The summed E-state index contributed by atoms with van der Waals surface area (Å²) in [5.74, 6) is 0. The van der Waals surface area contributed by atoms with Crippen molar-refractivity contribution >= 4 is 49.3 Å². The number of halogens is 2. The summed E-state index contributed by atoms with van der Waals surface area (Å²) in [5.41, 5.74) is 8.11. The van der Waals surface area contributed by atoms with Crippen molar-refractivity contribution in [3.8, 4) is 22.3 Å². The van der Waals surface area contributed by atoms with Gasteiger partial charge in [0, 0.05) is 0 Å². The first-order chi connectivity index (χ1) is 21.4. The van der Waals surface area contributed by atoms with Gasteiger partial charge in [0.2, 0.25) is 0 Å². The van der Waals surface area contributed by atoms with Crippen LogP contribution in [-0.2, 0) is 19.2 Å². The van der Waals surface area contributed by atoms with Crippen LogP contribution in [0.15, 0.2) is 146 Å². The van der Waals surface area contributed by atoms with Crippen LogP contribution in [0.25, 0.3) is 65.3 Å². The zero-order valence-electron chi connectivity index (χ0n) is 26.6. The molecule has 4 heteroatoms. The number of hydrogen-bond acceptors (Lipinski definition) is 0. The molecule has 0 heterocycles. The largest absolute Gasteiger partial charge is 1.00 e. The number of aryl methyl sites for hydroxylation is 2. The summed E-state index contributed by atoms with van der Waals surface area (Å²) >= 11 is 2.27. The van der Waals surface area contributed by atoms with Crippen LogP contribution in [0, 0.1) is 13.8 Å². The molecule has 8 rings (SSSR count). The molecule has 8 aromatic rings. The second kappa shape index (κ2) is 15.9. The molecule has 0 aliphatic carbocycles. The van der Waals surface area contributed by atoms with E-state index in [0.29, 0.717) is 0 Å². The van der Waals surface area contributed by atoms with E-state index in [1.807, 2.05) is 0 Å². The molecule has 0 aliphatic heterocycles. The van der Waals surface area contributed by atoms with E-state index in [4.69, 9.17) is 0 Å². The SMILES string of the molecule is C[Si](C)=[Ti+2].Cc1[cH-]c2ccccc2c1-c1cccc2ccccc12.Cc1[cH-]c2ccccc2c1-c1cccc2ccccc12.[Cl-].[Cl-]. The molecule has 0 radical (unpaired) electrons. The second-order valence-electron chi connectivity index (χ2n) is 11.6. The van der Waals surface area contributed by atoms with Crippen LogP contribution >= 0.6 is 0 Å². The standard InChI is InChI=1S/2C20H15.C2H6Si.2ClH.Ti/c2*1-14-13-16-8-3-5-11-18(16)20(14)19-12-6-9-15-7-2-4-10-17(15)19;1-3-2;;;/h2*2-13H,1H3;1-2H3;2*1H;/q2*-1;;;;+2/p-2. The molecular formula is C42H36Cl2SiTi-2. The zero-order valence-corrected chi connectivity index (χ0v) is 30.7. The Kier molecular flexibility index (Phi) is 12.3. The molecule has 46 heavy (non-hydrogen) atoms. The van der Waals surface area contributed by atoms with E-state index in [9.17, 15) is 0 Å². The van der Waals surface area contributed by atoms with Gasteiger partial charge in [0.25, 0.3) is 0 Å². The minimum absolute atomic E-state index is 0. The normalized spacial score (nSPS) is 10.4. The Balaban J connectivity index is 0.000000180. The monoisotopic (exact) mass is 686 g/mol. The summed E-state index contributed by atoms with van der Waals surface area (Å²) in [4.78, 5) is 0. The van der Waals surface area contributed by atoms with Crippen molar-refractivity contribution in [1.82, 2.24) is 0 Å². The summed E-state index contributed by atoms with van der Waals surface area (Å²) in [7, 11) is 0. The molecular weight excluding hydrogens is 651 g/mol. The molecule has 228 valence electrons. The molecule has 0 fully saturated rings. The van der Waals surface area contributed by atoms with Gasteiger partial charge in [-0.3, -0.25) is 0 Å². The Hall–Kier alpha value is -3.43. The van der Waals surface area contributed by atoms with Crippen LogP contribution < -0.4 is 24.8 Å². The molecule has 0 N–H and O–H groups in total. The summed E-state index contributed by atoms with van der Waals surface area (Å²) in [6.07, 6.45) is 0.120. The first-order valence-corrected chi connectivity index (χ1v) is 20.0. The predicted molar refractivity (Wildman–Crippen MR) is 192 cm³/mol. The van der Waals surface area contributed by atoms with Crippen LogP contribution in [0.1, 0.15) is 11.1 Å². The van der Waals surface area contributed by atoms with E-state index in [0.717, 1.165) is 0 Å². The first-order valence-electron chi connectivity index (χ1n) is 15.2. The van der Waals surface area contributed by atoms with Crippen molar-refractivity contribution in [2.45, 2.75) is 26.9 Å². The number of benzene rings is 6. The quantitative estimate of drug-likeness (QED) is 0.151. The van der Waals surface area contributed by atoms with Crippen molar-refractivity contribution in [3.63, 3.8) is 0 Å². The van der Waals surface area contributed by atoms with Crippen molar-refractivity contribution in [2.24, 2.45) is 0 Å². The van der Waals surface area contributed by atoms with Gasteiger partial charge in [-0.05, 0) is 21.5 Å². The summed E-state index contributed by atoms with van der Waals surface area (Å²) < 4.78 is 0. The molecule has 0 saturated carbocycles. The number of fused-ring (bicyclic) bond motifs is 4. The average molecular weight is 688 g/mol.